The second-order valence-corrected chi connectivity index (χ2v) is 4.98. The molecule has 1 aliphatic heterocycles. The highest BCUT2D eigenvalue weighted by Crippen LogP contribution is 2.18. The third-order valence-corrected chi connectivity index (χ3v) is 3.42. The number of amides is 1. The van der Waals surface area contributed by atoms with Crippen molar-refractivity contribution in [2.75, 3.05) is 51.3 Å². The van der Waals surface area contributed by atoms with Crippen molar-refractivity contribution in [1.82, 2.24) is 15.2 Å². The number of carbonyl (C=O) groups is 1. The van der Waals surface area contributed by atoms with Gasteiger partial charge in [-0.05, 0) is 19.2 Å². The van der Waals surface area contributed by atoms with Gasteiger partial charge in [0.05, 0.1) is 5.56 Å². The van der Waals surface area contributed by atoms with Gasteiger partial charge in [-0.25, -0.2) is 4.98 Å². The van der Waals surface area contributed by atoms with Crippen molar-refractivity contribution in [3.63, 3.8) is 0 Å². The van der Waals surface area contributed by atoms with Gasteiger partial charge in [0.25, 0.3) is 11.0 Å². The molecule has 1 aromatic heterocycles. The van der Waals surface area contributed by atoms with Crippen LogP contribution in [-0.2, 0) is 4.84 Å². The zero-order chi connectivity index (χ0) is 15.9. The minimum absolute atomic E-state index is 0. The molecular formula is C13H21Cl2N5O4. The van der Waals surface area contributed by atoms with E-state index in [9.17, 15) is 14.9 Å². The van der Waals surface area contributed by atoms with Crippen LogP contribution in [0.25, 0.3) is 0 Å². The van der Waals surface area contributed by atoms with Crippen molar-refractivity contribution >= 4 is 36.5 Å². The summed E-state index contributed by atoms with van der Waals surface area (Å²) >= 11 is 0. The summed E-state index contributed by atoms with van der Waals surface area (Å²) in [5, 5.41) is 11.8. The van der Waals surface area contributed by atoms with Crippen LogP contribution in [0.5, 0.6) is 0 Å². The van der Waals surface area contributed by atoms with E-state index in [0.29, 0.717) is 11.4 Å². The van der Waals surface area contributed by atoms with Gasteiger partial charge in [-0.3, -0.25) is 4.79 Å². The lowest BCUT2D eigenvalue weighted by molar-refractivity contribution is -0.757. The molecule has 1 amide bonds. The molecule has 0 atom stereocenters. The molecule has 1 aromatic rings. The molecule has 0 aliphatic carbocycles. The first kappa shape index (κ1) is 22.2. The van der Waals surface area contributed by atoms with Crippen molar-refractivity contribution in [3.05, 3.63) is 34.0 Å². The Bertz CT molecular complexity index is 541. The van der Waals surface area contributed by atoms with E-state index in [0.717, 1.165) is 26.2 Å². The molecule has 0 unspecified atom stereocenters. The molecule has 136 valence electrons. The second-order valence-electron chi connectivity index (χ2n) is 4.98. The van der Waals surface area contributed by atoms with Crippen LogP contribution in [0.1, 0.15) is 10.4 Å². The standard InChI is InChI=1S/C13H19N5O4.2ClH/c1-16-6-8-17(9-7-16)12-11(3-2-4-14-12)13(19)15-5-10-22-18(20)21;;/h2-4H,5-10H2,1H3,(H,15,19);2*1H. The zero-order valence-electron chi connectivity index (χ0n) is 13.2. The van der Waals surface area contributed by atoms with E-state index in [4.69, 9.17) is 0 Å². The Labute approximate surface area is 152 Å². The Morgan fingerprint density at radius 1 is 1.38 bits per heavy atom. The van der Waals surface area contributed by atoms with Gasteiger partial charge < -0.3 is 20.0 Å². The van der Waals surface area contributed by atoms with Gasteiger partial charge in [-0.1, -0.05) is 0 Å². The number of likely N-dealkylation sites (N-methyl/N-ethyl adjacent to an activating group) is 1. The first-order valence-electron chi connectivity index (χ1n) is 7.02. The van der Waals surface area contributed by atoms with Gasteiger partial charge in [0, 0.05) is 38.9 Å². The maximum atomic E-state index is 12.2. The van der Waals surface area contributed by atoms with Crippen molar-refractivity contribution < 1.29 is 14.7 Å². The van der Waals surface area contributed by atoms with Gasteiger partial charge in [-0.15, -0.1) is 34.9 Å². The van der Waals surface area contributed by atoms with E-state index in [1.54, 1.807) is 18.3 Å². The molecule has 1 aliphatic rings. The Morgan fingerprint density at radius 2 is 2.04 bits per heavy atom. The number of nitrogens with zero attached hydrogens (tertiary/aromatic N) is 4. The van der Waals surface area contributed by atoms with Crippen LogP contribution in [0.4, 0.5) is 5.82 Å². The summed E-state index contributed by atoms with van der Waals surface area (Å²) in [6.07, 6.45) is 1.65. The molecule has 9 nitrogen and oxygen atoms in total. The van der Waals surface area contributed by atoms with Crippen LogP contribution in [0.15, 0.2) is 18.3 Å². The second kappa shape index (κ2) is 10.8. The van der Waals surface area contributed by atoms with E-state index in [2.05, 4.69) is 32.0 Å². The summed E-state index contributed by atoms with van der Waals surface area (Å²) in [5.74, 6) is 0.331. The summed E-state index contributed by atoms with van der Waals surface area (Å²) in [6.45, 7) is 3.32. The number of pyridine rings is 1. The smallest absolute Gasteiger partial charge is 0.294 e. The number of nitrogens with one attached hydrogen (secondary N) is 1. The minimum Gasteiger partial charge on any atom is -0.353 e. The lowest BCUT2D eigenvalue weighted by Crippen LogP contribution is -2.45. The lowest BCUT2D eigenvalue weighted by Gasteiger charge is -2.34. The molecule has 0 bridgehead atoms. The largest absolute Gasteiger partial charge is 0.353 e. The molecule has 0 aromatic carbocycles. The number of rotatable bonds is 6. The number of aromatic nitrogens is 1. The number of piperazine rings is 1. The van der Waals surface area contributed by atoms with Gasteiger partial charge in [-0.2, -0.15) is 0 Å². The molecule has 0 saturated carbocycles. The SMILES string of the molecule is CN1CCN(c2ncccc2C(=O)NCCO[N+](=O)[O-])CC1.Cl.Cl. The molecule has 2 heterocycles. The number of anilines is 1. The van der Waals surface area contributed by atoms with E-state index in [-0.39, 0.29) is 43.9 Å². The fourth-order valence-corrected chi connectivity index (χ4v) is 2.22. The van der Waals surface area contributed by atoms with Crippen molar-refractivity contribution in [3.8, 4) is 0 Å². The van der Waals surface area contributed by atoms with Crippen molar-refractivity contribution in [2.24, 2.45) is 0 Å². The number of hydrogen-bond donors (Lipinski definition) is 1. The first-order valence-corrected chi connectivity index (χ1v) is 7.02. The Hall–Kier alpha value is -1.84. The molecule has 1 fully saturated rings. The quantitative estimate of drug-likeness (QED) is 0.437. The summed E-state index contributed by atoms with van der Waals surface area (Å²) in [5.41, 5.74) is 0.466. The monoisotopic (exact) mass is 381 g/mol. The topological polar surface area (TPSA) is 101 Å². The predicted octanol–water partition coefficient (Wildman–Crippen LogP) is 0.615. The summed E-state index contributed by atoms with van der Waals surface area (Å²) in [4.78, 5) is 35.0. The van der Waals surface area contributed by atoms with Crippen molar-refractivity contribution in [1.29, 1.82) is 0 Å². The van der Waals surface area contributed by atoms with Gasteiger partial charge in [0.1, 0.15) is 12.4 Å². The summed E-state index contributed by atoms with van der Waals surface area (Å²) in [6, 6.07) is 3.40. The van der Waals surface area contributed by atoms with Crippen LogP contribution in [0.2, 0.25) is 0 Å². The normalized spacial score (nSPS) is 14.1. The molecule has 1 N–H and O–H groups in total. The van der Waals surface area contributed by atoms with Crippen LogP contribution in [0.3, 0.4) is 0 Å². The van der Waals surface area contributed by atoms with E-state index in [1.807, 2.05) is 0 Å². The van der Waals surface area contributed by atoms with Crippen LogP contribution in [0, 0.1) is 10.1 Å². The van der Waals surface area contributed by atoms with E-state index >= 15 is 0 Å². The summed E-state index contributed by atoms with van der Waals surface area (Å²) in [7, 11) is 2.05. The fraction of sp³-hybridized carbons (Fsp3) is 0.538. The van der Waals surface area contributed by atoms with Crippen LogP contribution < -0.4 is 10.2 Å². The number of carbonyl (C=O) groups excluding carboxylic acids is 1. The van der Waals surface area contributed by atoms with E-state index in [1.165, 1.54) is 0 Å². The molecule has 11 heteroatoms. The third kappa shape index (κ3) is 6.34. The maximum absolute atomic E-state index is 12.2. The fourth-order valence-electron chi connectivity index (χ4n) is 2.22. The van der Waals surface area contributed by atoms with Crippen molar-refractivity contribution in [2.45, 2.75) is 0 Å². The minimum atomic E-state index is -0.883. The maximum Gasteiger partial charge on any atom is 0.294 e. The molecular weight excluding hydrogens is 361 g/mol. The summed E-state index contributed by atoms with van der Waals surface area (Å²) < 4.78 is 0. The molecule has 0 spiro atoms. The van der Waals surface area contributed by atoms with E-state index < -0.39 is 5.09 Å². The van der Waals surface area contributed by atoms with Gasteiger partial charge in [0.2, 0.25) is 0 Å². The van der Waals surface area contributed by atoms with Crippen LogP contribution in [-0.4, -0.2) is 67.3 Å². The Kier molecular flexibility index (Phi) is 10.0. The lowest BCUT2D eigenvalue weighted by atomic mass is 10.2. The number of halogens is 2. The molecule has 24 heavy (non-hydrogen) atoms. The first-order chi connectivity index (χ1) is 10.6. The molecule has 1 saturated heterocycles. The predicted molar refractivity (Wildman–Crippen MR) is 93.7 cm³/mol. The van der Waals surface area contributed by atoms with Gasteiger partial charge >= 0.3 is 0 Å². The highest BCUT2D eigenvalue weighted by Gasteiger charge is 2.20. The molecule has 0 radical (unpaired) electrons. The average Bonchev–Trinajstić information content (AvgIpc) is 2.52. The Balaban J connectivity index is 0.00000264. The number of hydrogen-bond acceptors (Lipinski definition) is 7. The van der Waals surface area contributed by atoms with Gasteiger partial charge in [0.15, 0.2) is 0 Å². The molecule has 2 rings (SSSR count). The Morgan fingerprint density at radius 3 is 2.67 bits per heavy atom. The zero-order valence-corrected chi connectivity index (χ0v) is 14.8. The average molecular weight is 382 g/mol. The highest BCUT2D eigenvalue weighted by molar-refractivity contribution is 5.98. The van der Waals surface area contributed by atoms with Crippen LogP contribution >= 0.6 is 24.8 Å². The third-order valence-electron chi connectivity index (χ3n) is 3.42. The highest BCUT2D eigenvalue weighted by atomic mass is 35.5.